The van der Waals surface area contributed by atoms with E-state index in [9.17, 15) is 66.3 Å². The molecule has 0 unspecified atom stereocenters. The first-order valence-electron chi connectivity index (χ1n) is 19.1. The third-order valence-electron chi connectivity index (χ3n) is 9.69. The Morgan fingerprint density at radius 3 is 1.79 bits per heavy atom. The lowest BCUT2D eigenvalue weighted by Crippen LogP contribution is -2.29. The molecule has 2 amide bonds. The lowest BCUT2D eigenvalue weighted by Gasteiger charge is -2.21. The van der Waals surface area contributed by atoms with Crippen molar-refractivity contribution in [2.24, 2.45) is 15.3 Å². The average Bonchev–Trinajstić information content (AvgIpc) is 3.27. The first-order valence-corrected chi connectivity index (χ1v) is 24.9. The average molecular weight is 1010 g/mol. The standard InChI is InChI=1S/C42H32N6O16S4/c1-2-64-34-22-32(46-45-31-16-13-26(19-35(31)67(58,59)60)43-41(50)23-9-5-3-6-10-23)30-20-27(65(52,53)54)14-15-29(30)38(34)47-48-39-36(68(61,62)63)18-25-17-28(66(55,56)57)21-33(37(25)40(39)49)44-42(51)24-11-7-4-8-12-24/h3-22,47H,2H2,1H3,(H,43,50)(H,44,51)(H,52,53,54)(H,55,56,57)(H,58,59,60)(H,61,62,63)/b46-45?,48-39+. The summed E-state index contributed by atoms with van der Waals surface area (Å²) in [6, 6.07) is 24.1. The monoisotopic (exact) mass is 1000 g/mol. The smallest absolute Gasteiger partial charge is 0.296 e. The summed E-state index contributed by atoms with van der Waals surface area (Å²) in [7, 11) is -20.5. The number of ether oxygens (including phenoxy) is 1. The van der Waals surface area contributed by atoms with Crippen LogP contribution in [0, 0.1) is 0 Å². The molecule has 68 heavy (non-hydrogen) atoms. The van der Waals surface area contributed by atoms with E-state index in [1.54, 1.807) is 24.3 Å². The number of nitrogens with zero attached hydrogens (tertiary/aromatic N) is 3. The van der Waals surface area contributed by atoms with Crippen LogP contribution in [0.3, 0.4) is 0 Å². The Kier molecular flexibility index (Phi) is 13.2. The minimum Gasteiger partial charge on any atom is -0.492 e. The summed E-state index contributed by atoms with van der Waals surface area (Å²) in [5.74, 6) is -2.99. The van der Waals surface area contributed by atoms with Crippen LogP contribution in [0.1, 0.15) is 43.6 Å². The number of allylic oxidation sites excluding steroid dienone is 1. The number of fused-ring (bicyclic) bond motifs is 2. The summed E-state index contributed by atoms with van der Waals surface area (Å²) >= 11 is 0. The molecule has 1 aliphatic carbocycles. The number of benzene rings is 6. The fourth-order valence-electron chi connectivity index (χ4n) is 6.66. The van der Waals surface area contributed by atoms with Crippen LogP contribution < -0.4 is 20.8 Å². The number of ketones is 1. The van der Waals surface area contributed by atoms with Crippen LogP contribution >= 0.6 is 0 Å². The third-order valence-corrected chi connectivity index (χ3v) is 13.1. The van der Waals surface area contributed by atoms with Crippen molar-refractivity contribution in [3.05, 3.63) is 142 Å². The largest absolute Gasteiger partial charge is 0.492 e. The summed E-state index contributed by atoms with van der Waals surface area (Å²) in [5, 5.41) is 16.7. The number of anilines is 3. The SMILES string of the molecule is CCOc1cc(N=Nc2ccc(NC(=O)c3ccccc3)cc2S(=O)(=O)O)c2cc(S(=O)(=O)O)ccc2c1N/N=C1/C(=O)c2c(cc(S(=O)(=O)O)cc2NC(=O)c2ccccc2)C=C1S(=O)(=O)O. The van der Waals surface area contributed by atoms with E-state index in [-0.39, 0.29) is 51.3 Å². The molecule has 0 atom stereocenters. The van der Waals surface area contributed by atoms with Gasteiger partial charge < -0.3 is 15.4 Å². The molecule has 0 spiro atoms. The van der Waals surface area contributed by atoms with Crippen molar-refractivity contribution in [2.75, 3.05) is 22.7 Å². The zero-order valence-electron chi connectivity index (χ0n) is 34.4. The van der Waals surface area contributed by atoms with Crippen LogP contribution in [0.4, 0.5) is 28.4 Å². The van der Waals surface area contributed by atoms with Gasteiger partial charge in [0.1, 0.15) is 26.9 Å². The molecule has 0 heterocycles. The highest BCUT2D eigenvalue weighted by Crippen LogP contribution is 2.43. The molecule has 7 rings (SSSR count). The van der Waals surface area contributed by atoms with Gasteiger partial charge in [-0.25, -0.2) is 0 Å². The second kappa shape index (κ2) is 18.6. The minimum atomic E-state index is -5.41. The van der Waals surface area contributed by atoms with Gasteiger partial charge in [-0.1, -0.05) is 42.5 Å². The number of carbonyl (C=O) groups excluding carboxylic acids is 3. The zero-order valence-corrected chi connectivity index (χ0v) is 37.7. The number of rotatable bonds is 14. The Morgan fingerprint density at radius 1 is 0.618 bits per heavy atom. The van der Waals surface area contributed by atoms with Crippen molar-refractivity contribution in [3.63, 3.8) is 0 Å². The number of carbonyl (C=O) groups is 3. The first kappa shape index (κ1) is 48.4. The van der Waals surface area contributed by atoms with E-state index in [2.05, 4.69) is 31.4 Å². The molecule has 6 aromatic rings. The van der Waals surface area contributed by atoms with Gasteiger partial charge in [0.25, 0.3) is 52.3 Å². The van der Waals surface area contributed by atoms with Crippen molar-refractivity contribution in [1.29, 1.82) is 0 Å². The summed E-state index contributed by atoms with van der Waals surface area (Å²) in [6.07, 6.45) is 0.660. The highest BCUT2D eigenvalue weighted by Gasteiger charge is 2.36. The van der Waals surface area contributed by atoms with Gasteiger partial charge in [0.2, 0.25) is 5.78 Å². The van der Waals surface area contributed by atoms with E-state index >= 15 is 0 Å². The summed E-state index contributed by atoms with van der Waals surface area (Å²) in [6.45, 7) is 1.43. The van der Waals surface area contributed by atoms with Gasteiger partial charge in [0.05, 0.1) is 33.3 Å². The van der Waals surface area contributed by atoms with E-state index in [1.165, 1.54) is 49.4 Å². The molecule has 350 valence electrons. The fraction of sp³-hybridized carbons (Fsp3) is 0.0476. The Morgan fingerprint density at radius 2 is 1.22 bits per heavy atom. The normalized spacial score (nSPS) is 13.8. The molecule has 0 saturated heterocycles. The summed E-state index contributed by atoms with van der Waals surface area (Å²) < 4.78 is 146. The van der Waals surface area contributed by atoms with Gasteiger partial charge in [-0.2, -0.15) is 38.8 Å². The predicted molar refractivity (Wildman–Crippen MR) is 245 cm³/mol. The molecule has 1 aliphatic rings. The van der Waals surface area contributed by atoms with E-state index in [1.807, 2.05) is 0 Å². The number of nitrogens with one attached hydrogen (secondary N) is 3. The quantitative estimate of drug-likeness (QED) is 0.0335. The van der Waals surface area contributed by atoms with E-state index < -0.39 is 106 Å². The van der Waals surface area contributed by atoms with Crippen LogP contribution in [0.2, 0.25) is 0 Å². The van der Waals surface area contributed by atoms with Gasteiger partial charge in [0, 0.05) is 33.7 Å². The summed E-state index contributed by atoms with van der Waals surface area (Å²) in [5.41, 5.74) is -0.862. The number of hydrogen-bond donors (Lipinski definition) is 7. The van der Waals surface area contributed by atoms with Crippen molar-refractivity contribution >= 4 is 109 Å². The number of hydrazone groups is 1. The number of amides is 2. The van der Waals surface area contributed by atoms with Crippen molar-refractivity contribution in [1.82, 2.24) is 0 Å². The maximum Gasteiger partial charge on any atom is 0.296 e. The predicted octanol–water partition coefficient (Wildman–Crippen LogP) is 6.79. The minimum absolute atomic E-state index is 0.0447. The van der Waals surface area contributed by atoms with Crippen LogP contribution in [0.25, 0.3) is 16.8 Å². The van der Waals surface area contributed by atoms with Gasteiger partial charge in [-0.15, -0.1) is 10.2 Å². The lowest BCUT2D eigenvalue weighted by molar-refractivity contribution is 0.101. The Labute approximate surface area is 386 Å². The molecule has 26 heteroatoms. The van der Waals surface area contributed by atoms with Gasteiger partial charge in [-0.05, 0) is 85.3 Å². The first-order chi connectivity index (χ1) is 31.9. The molecule has 22 nitrogen and oxygen atoms in total. The maximum absolute atomic E-state index is 14.4. The number of Topliss-reactive ketones (excluding diaryl/α,β-unsaturated/α-hetero) is 1. The van der Waals surface area contributed by atoms with Crippen LogP contribution in [0.5, 0.6) is 5.75 Å². The van der Waals surface area contributed by atoms with Crippen molar-refractivity contribution in [3.8, 4) is 5.75 Å². The second-order valence-electron chi connectivity index (χ2n) is 14.2. The Bertz CT molecular complexity index is 3660. The Hall–Kier alpha value is -7.56. The number of azo groups is 1. The summed E-state index contributed by atoms with van der Waals surface area (Å²) in [4.78, 5) is 36.8. The van der Waals surface area contributed by atoms with E-state index in [0.29, 0.717) is 12.1 Å². The molecule has 0 fully saturated rings. The molecular formula is C42H32N6O16S4. The molecular weight excluding hydrogens is 973 g/mol. The molecule has 0 aliphatic heterocycles. The van der Waals surface area contributed by atoms with Gasteiger partial charge >= 0.3 is 0 Å². The lowest BCUT2D eigenvalue weighted by atomic mass is 9.92. The molecule has 0 radical (unpaired) electrons. The highest BCUT2D eigenvalue weighted by atomic mass is 32.2. The maximum atomic E-state index is 14.4. The molecule has 6 aromatic carbocycles. The fourth-order valence-corrected chi connectivity index (χ4v) is 9.02. The van der Waals surface area contributed by atoms with Crippen molar-refractivity contribution < 1.29 is 71.0 Å². The molecule has 0 saturated carbocycles. The highest BCUT2D eigenvalue weighted by molar-refractivity contribution is 7.91. The van der Waals surface area contributed by atoms with Gasteiger partial charge in [-0.3, -0.25) is 38.0 Å². The second-order valence-corrected chi connectivity index (χ2v) is 19.8. The topological polar surface area (TPSA) is 351 Å². The Balaban J connectivity index is 1.36. The van der Waals surface area contributed by atoms with Gasteiger partial charge in [0.15, 0.2) is 5.71 Å². The van der Waals surface area contributed by atoms with Crippen LogP contribution in [-0.4, -0.2) is 81.8 Å². The van der Waals surface area contributed by atoms with Crippen LogP contribution in [0.15, 0.2) is 150 Å². The number of hydrogen-bond acceptors (Lipinski definition) is 16. The van der Waals surface area contributed by atoms with Crippen molar-refractivity contribution in [2.45, 2.75) is 21.6 Å². The van der Waals surface area contributed by atoms with Crippen LogP contribution in [-0.2, 0) is 40.5 Å². The molecule has 0 bridgehead atoms. The molecule has 0 aromatic heterocycles. The third kappa shape index (κ3) is 10.5. The van der Waals surface area contributed by atoms with E-state index in [0.717, 1.165) is 42.5 Å². The molecule has 7 N–H and O–H groups in total. The zero-order chi connectivity index (χ0) is 49.3. The van der Waals surface area contributed by atoms with E-state index in [4.69, 9.17) is 4.74 Å².